The van der Waals surface area contributed by atoms with Crippen molar-refractivity contribution >= 4 is 5.69 Å². The van der Waals surface area contributed by atoms with Crippen LogP contribution in [0.2, 0.25) is 0 Å². The zero-order valence-electron chi connectivity index (χ0n) is 4.70. The molecule has 2 N–H and O–H groups in total. The van der Waals surface area contributed by atoms with Gasteiger partial charge in [-0.2, -0.15) is 5.26 Å². The van der Waals surface area contributed by atoms with E-state index in [1.807, 2.05) is 6.07 Å². The van der Waals surface area contributed by atoms with E-state index in [9.17, 15) is 0 Å². The predicted octanol–water partition coefficient (Wildman–Crippen LogP) is 0.535. The van der Waals surface area contributed by atoms with Gasteiger partial charge in [0.25, 0.3) is 0 Å². The number of nitriles is 1. The normalized spacial score (nSPS) is 8.33. The number of pyridine rings is 1. The molecule has 1 aromatic heterocycles. The van der Waals surface area contributed by atoms with Crippen LogP contribution in [-0.2, 0) is 0 Å². The van der Waals surface area contributed by atoms with Crippen LogP contribution in [-0.4, -0.2) is 4.98 Å². The van der Waals surface area contributed by atoms with Crippen LogP contribution in [0.4, 0.5) is 5.69 Å². The number of nitrogens with two attached hydrogens (primary N) is 1. The fourth-order valence-electron chi connectivity index (χ4n) is 0.511. The summed E-state index contributed by atoms with van der Waals surface area (Å²) in [6.45, 7) is 0. The molecule has 0 aliphatic rings. The summed E-state index contributed by atoms with van der Waals surface area (Å²) in [7, 11) is 0. The van der Waals surface area contributed by atoms with Crippen LogP contribution in [0.25, 0.3) is 0 Å². The average molecular weight is 119 g/mol. The maximum Gasteiger partial charge on any atom is 0.163 e. The maximum atomic E-state index is 8.33. The molecule has 0 spiro atoms. The van der Waals surface area contributed by atoms with E-state index in [0.29, 0.717) is 5.69 Å². The van der Waals surface area contributed by atoms with E-state index in [4.69, 9.17) is 11.0 Å². The molecule has 1 heterocycles. The average Bonchev–Trinajstić information content (AvgIpc) is 1.89. The molecule has 0 unspecified atom stereocenters. The van der Waals surface area contributed by atoms with E-state index >= 15 is 0 Å². The van der Waals surface area contributed by atoms with Crippen molar-refractivity contribution in [2.75, 3.05) is 5.73 Å². The van der Waals surface area contributed by atoms with Gasteiger partial charge in [0.05, 0.1) is 5.69 Å². The van der Waals surface area contributed by atoms with Crippen LogP contribution in [0.1, 0.15) is 5.69 Å². The molecule has 0 fully saturated rings. The third-order valence-corrected chi connectivity index (χ3v) is 0.945. The Labute approximate surface area is 52.7 Å². The largest absolute Gasteiger partial charge is 0.396 e. The van der Waals surface area contributed by atoms with Crippen molar-refractivity contribution in [2.45, 2.75) is 0 Å². The van der Waals surface area contributed by atoms with Gasteiger partial charge in [-0.25, -0.2) is 4.98 Å². The van der Waals surface area contributed by atoms with Crippen molar-refractivity contribution in [2.24, 2.45) is 0 Å². The lowest BCUT2D eigenvalue weighted by Gasteiger charge is -1.90. The third-order valence-electron chi connectivity index (χ3n) is 0.945. The zero-order chi connectivity index (χ0) is 6.69. The molecule has 0 radical (unpaired) electrons. The highest BCUT2D eigenvalue weighted by Gasteiger charge is 1.92. The van der Waals surface area contributed by atoms with Crippen molar-refractivity contribution in [3.8, 4) is 6.07 Å². The van der Waals surface area contributed by atoms with Gasteiger partial charge >= 0.3 is 0 Å². The summed E-state index contributed by atoms with van der Waals surface area (Å²) < 4.78 is 0. The van der Waals surface area contributed by atoms with Gasteiger partial charge in [0, 0.05) is 6.20 Å². The van der Waals surface area contributed by atoms with Gasteiger partial charge in [-0.05, 0) is 12.1 Å². The van der Waals surface area contributed by atoms with Gasteiger partial charge in [0.15, 0.2) is 5.69 Å². The summed E-state index contributed by atoms with van der Waals surface area (Å²) in [5, 5.41) is 8.33. The smallest absolute Gasteiger partial charge is 0.163 e. The van der Waals surface area contributed by atoms with Crippen LogP contribution < -0.4 is 5.73 Å². The van der Waals surface area contributed by atoms with Crippen molar-refractivity contribution in [1.29, 1.82) is 5.26 Å². The lowest BCUT2D eigenvalue weighted by molar-refractivity contribution is 1.27. The predicted molar refractivity (Wildman–Crippen MR) is 33.4 cm³/mol. The first-order valence-electron chi connectivity index (χ1n) is 2.45. The number of aromatic nitrogens is 1. The van der Waals surface area contributed by atoms with E-state index in [0.717, 1.165) is 0 Å². The molecule has 0 aliphatic heterocycles. The molecule has 0 aliphatic carbocycles. The summed E-state index contributed by atoms with van der Waals surface area (Å²) >= 11 is 0. The van der Waals surface area contributed by atoms with E-state index in [-0.39, 0.29) is 5.69 Å². The molecule has 0 bridgehead atoms. The number of hydrogen-bond acceptors (Lipinski definition) is 3. The Hall–Kier alpha value is -1.56. The molecular weight excluding hydrogens is 114 g/mol. The van der Waals surface area contributed by atoms with Crippen LogP contribution in [0, 0.1) is 11.3 Å². The first-order valence-corrected chi connectivity index (χ1v) is 2.45. The lowest BCUT2D eigenvalue weighted by Crippen LogP contribution is -1.91. The number of nitrogens with zero attached hydrogens (tertiary/aromatic N) is 2. The lowest BCUT2D eigenvalue weighted by atomic mass is 10.3. The van der Waals surface area contributed by atoms with Gasteiger partial charge < -0.3 is 5.73 Å². The quantitative estimate of drug-likeness (QED) is 0.542. The first-order chi connectivity index (χ1) is 4.34. The number of anilines is 1. The Morgan fingerprint density at radius 1 is 1.67 bits per heavy atom. The van der Waals surface area contributed by atoms with Gasteiger partial charge in [0.2, 0.25) is 0 Å². The monoisotopic (exact) mass is 119 g/mol. The van der Waals surface area contributed by atoms with Gasteiger partial charge in [-0.15, -0.1) is 0 Å². The minimum atomic E-state index is 0.289. The van der Waals surface area contributed by atoms with E-state index < -0.39 is 0 Å². The molecule has 0 amide bonds. The summed E-state index contributed by atoms with van der Waals surface area (Å²) in [5.41, 5.74) is 6.07. The van der Waals surface area contributed by atoms with Crippen molar-refractivity contribution in [3.63, 3.8) is 0 Å². The number of hydrogen-bond donors (Lipinski definition) is 1. The van der Waals surface area contributed by atoms with E-state index in [2.05, 4.69) is 4.98 Å². The van der Waals surface area contributed by atoms with Gasteiger partial charge in [0.1, 0.15) is 6.07 Å². The summed E-state index contributed by atoms with van der Waals surface area (Å²) in [6.07, 6.45) is 1.54. The molecule has 1 aromatic rings. The minimum Gasteiger partial charge on any atom is -0.396 e. The summed E-state index contributed by atoms with van der Waals surface area (Å²) in [5.74, 6) is 0. The number of nitrogen functional groups attached to an aromatic ring is 1. The Morgan fingerprint density at radius 3 is 2.89 bits per heavy atom. The second-order valence-corrected chi connectivity index (χ2v) is 1.55. The van der Waals surface area contributed by atoms with Crippen LogP contribution in [0.5, 0.6) is 0 Å². The standard InChI is InChI=1S/C6H5N3/c7-4-6-5(8)2-1-3-9-6/h1-3H,8H2. The second-order valence-electron chi connectivity index (χ2n) is 1.55. The Bertz CT molecular complexity index is 249. The fraction of sp³-hybridized carbons (Fsp3) is 0. The SMILES string of the molecule is N#Cc1ncccc1N. The molecule has 3 nitrogen and oxygen atoms in total. The summed E-state index contributed by atoms with van der Waals surface area (Å²) in [6, 6.07) is 5.19. The van der Waals surface area contributed by atoms with Crippen molar-refractivity contribution < 1.29 is 0 Å². The molecule has 0 aromatic carbocycles. The minimum absolute atomic E-state index is 0.289. The Kier molecular flexibility index (Phi) is 1.32. The highest BCUT2D eigenvalue weighted by molar-refractivity contribution is 5.48. The summed E-state index contributed by atoms with van der Waals surface area (Å²) in [4.78, 5) is 3.71. The number of rotatable bonds is 0. The van der Waals surface area contributed by atoms with Gasteiger partial charge in [-0.1, -0.05) is 0 Å². The molecule has 0 saturated carbocycles. The van der Waals surface area contributed by atoms with Crippen LogP contribution in [0.15, 0.2) is 18.3 Å². The fourth-order valence-corrected chi connectivity index (χ4v) is 0.511. The van der Waals surface area contributed by atoms with E-state index in [1.165, 1.54) is 6.20 Å². The third kappa shape index (κ3) is 0.970. The van der Waals surface area contributed by atoms with E-state index in [1.54, 1.807) is 12.1 Å². The highest BCUT2D eigenvalue weighted by atomic mass is 14.7. The first kappa shape index (κ1) is 5.57. The second kappa shape index (κ2) is 2.14. The topological polar surface area (TPSA) is 62.7 Å². The Morgan fingerprint density at radius 2 is 2.44 bits per heavy atom. The van der Waals surface area contributed by atoms with Gasteiger partial charge in [-0.3, -0.25) is 0 Å². The molecular formula is C6H5N3. The van der Waals surface area contributed by atoms with Crippen LogP contribution in [0.3, 0.4) is 0 Å². The Balaban J connectivity index is 3.20. The van der Waals surface area contributed by atoms with Crippen molar-refractivity contribution in [3.05, 3.63) is 24.0 Å². The molecule has 1 rings (SSSR count). The van der Waals surface area contributed by atoms with Crippen LogP contribution >= 0.6 is 0 Å². The molecule has 44 valence electrons. The maximum absolute atomic E-state index is 8.33. The highest BCUT2D eigenvalue weighted by Crippen LogP contribution is 2.03. The zero-order valence-corrected chi connectivity index (χ0v) is 4.70. The molecule has 0 atom stereocenters. The molecule has 0 saturated heterocycles. The molecule has 3 heteroatoms. The van der Waals surface area contributed by atoms with Crippen molar-refractivity contribution in [1.82, 2.24) is 4.98 Å². The molecule has 9 heavy (non-hydrogen) atoms.